The van der Waals surface area contributed by atoms with Crippen LogP contribution < -0.4 is 15.1 Å². The van der Waals surface area contributed by atoms with Crippen LogP contribution in [0.4, 0.5) is 11.4 Å². The predicted octanol–water partition coefficient (Wildman–Crippen LogP) is 5.47. The molecule has 9 heteroatoms. The van der Waals surface area contributed by atoms with Gasteiger partial charge in [0.05, 0.1) is 18.7 Å². The molecule has 1 saturated heterocycles. The number of benzene rings is 3. The maximum atomic E-state index is 14.4. The van der Waals surface area contributed by atoms with Crippen LogP contribution in [0.2, 0.25) is 0 Å². The minimum Gasteiger partial charge on any atom is -0.378 e. The Morgan fingerprint density at radius 1 is 0.953 bits per heavy atom. The van der Waals surface area contributed by atoms with Crippen LogP contribution in [-0.2, 0) is 20.9 Å². The normalized spacial score (nSPS) is 15.2. The first-order valence-corrected chi connectivity index (χ1v) is 15.1. The predicted molar refractivity (Wildman–Crippen MR) is 170 cm³/mol. The van der Waals surface area contributed by atoms with E-state index in [1.54, 1.807) is 9.58 Å². The number of carbonyl (C=O) groups excluding carboxylic acids is 2. The number of amides is 2. The van der Waals surface area contributed by atoms with E-state index in [1.165, 1.54) is 5.56 Å². The lowest BCUT2D eigenvalue weighted by Gasteiger charge is -2.34. The highest BCUT2D eigenvalue weighted by Gasteiger charge is 2.35. The second-order valence-electron chi connectivity index (χ2n) is 12.2. The molecule has 2 heterocycles. The molecule has 2 unspecified atom stereocenters. The fourth-order valence-electron chi connectivity index (χ4n) is 5.42. The highest BCUT2D eigenvalue weighted by Crippen LogP contribution is 2.32. The summed E-state index contributed by atoms with van der Waals surface area (Å²) in [4.78, 5) is 32.4. The van der Waals surface area contributed by atoms with Gasteiger partial charge in [-0.2, -0.15) is 0 Å². The maximum absolute atomic E-state index is 14.4. The Morgan fingerprint density at radius 2 is 1.60 bits per heavy atom. The maximum Gasteiger partial charge on any atom is 0.249 e. The number of para-hydroxylation sites is 1. The number of carbonyl (C=O) groups is 2. The van der Waals surface area contributed by atoms with Crippen LogP contribution >= 0.6 is 0 Å². The van der Waals surface area contributed by atoms with E-state index < -0.39 is 11.6 Å². The quantitative estimate of drug-likeness (QED) is 0.281. The van der Waals surface area contributed by atoms with Crippen molar-refractivity contribution in [2.24, 2.45) is 0 Å². The zero-order chi connectivity index (χ0) is 30.6. The van der Waals surface area contributed by atoms with Crippen molar-refractivity contribution in [3.05, 3.63) is 83.9 Å². The number of hydrogen-bond acceptors (Lipinski definition) is 6. The average Bonchev–Trinajstić information content (AvgIpc) is 3.41. The van der Waals surface area contributed by atoms with Crippen LogP contribution in [0.1, 0.15) is 64.1 Å². The molecule has 2 amide bonds. The van der Waals surface area contributed by atoms with Crippen molar-refractivity contribution in [1.82, 2.24) is 20.3 Å². The molecule has 0 aliphatic carbocycles. The van der Waals surface area contributed by atoms with Gasteiger partial charge in [0.15, 0.2) is 0 Å². The molecule has 0 radical (unpaired) electrons. The Hall–Kier alpha value is -4.24. The molecule has 9 nitrogen and oxygen atoms in total. The van der Waals surface area contributed by atoms with Gasteiger partial charge in [-0.3, -0.25) is 14.5 Å². The van der Waals surface area contributed by atoms with Crippen molar-refractivity contribution in [3.63, 3.8) is 0 Å². The van der Waals surface area contributed by atoms with Crippen LogP contribution in [0, 0.1) is 0 Å². The summed E-state index contributed by atoms with van der Waals surface area (Å²) in [6.07, 6.45) is 1.01. The first-order chi connectivity index (χ1) is 20.6. The van der Waals surface area contributed by atoms with E-state index in [0.29, 0.717) is 30.3 Å². The lowest BCUT2D eigenvalue weighted by molar-refractivity contribution is -0.128. The second-order valence-corrected chi connectivity index (χ2v) is 12.2. The van der Waals surface area contributed by atoms with Gasteiger partial charge in [0.1, 0.15) is 18.1 Å². The lowest BCUT2D eigenvalue weighted by atomic mass is 9.97. The SMILES string of the molecule is CCC(C)c1ccc(N(C(=O)Cn2nnc3ccccc32)C(C(=O)NC(C)(C)C)c2ccc(N3CCOCC3)cc2)cc1. The molecule has 1 aromatic heterocycles. The van der Waals surface area contributed by atoms with E-state index in [1.807, 2.05) is 81.4 Å². The van der Waals surface area contributed by atoms with Crippen molar-refractivity contribution in [1.29, 1.82) is 0 Å². The molecule has 43 heavy (non-hydrogen) atoms. The molecule has 1 aliphatic rings. The van der Waals surface area contributed by atoms with E-state index in [4.69, 9.17) is 4.74 Å². The fourth-order valence-corrected chi connectivity index (χ4v) is 5.42. The second kappa shape index (κ2) is 13.0. The van der Waals surface area contributed by atoms with Gasteiger partial charge < -0.3 is 15.0 Å². The van der Waals surface area contributed by atoms with Gasteiger partial charge in [-0.25, -0.2) is 4.68 Å². The highest BCUT2D eigenvalue weighted by atomic mass is 16.5. The van der Waals surface area contributed by atoms with Gasteiger partial charge in [-0.15, -0.1) is 5.10 Å². The third kappa shape index (κ3) is 7.05. The van der Waals surface area contributed by atoms with Crippen LogP contribution in [-0.4, -0.2) is 58.7 Å². The Bertz CT molecular complexity index is 1540. The van der Waals surface area contributed by atoms with Gasteiger partial charge in [0.2, 0.25) is 11.8 Å². The average molecular weight is 583 g/mol. The smallest absolute Gasteiger partial charge is 0.249 e. The molecular weight excluding hydrogens is 540 g/mol. The Balaban J connectivity index is 1.57. The van der Waals surface area contributed by atoms with E-state index in [9.17, 15) is 9.59 Å². The molecule has 0 saturated carbocycles. The van der Waals surface area contributed by atoms with Crippen LogP contribution in [0.15, 0.2) is 72.8 Å². The fraction of sp³-hybridized carbons (Fsp3) is 0.412. The van der Waals surface area contributed by atoms with Crippen LogP contribution in [0.25, 0.3) is 11.0 Å². The lowest BCUT2D eigenvalue weighted by Crippen LogP contribution is -2.50. The van der Waals surface area contributed by atoms with Crippen LogP contribution in [0.3, 0.4) is 0 Å². The largest absolute Gasteiger partial charge is 0.378 e. The number of anilines is 2. The van der Waals surface area contributed by atoms with E-state index in [0.717, 1.165) is 36.3 Å². The summed E-state index contributed by atoms with van der Waals surface area (Å²) in [7, 11) is 0. The summed E-state index contributed by atoms with van der Waals surface area (Å²) in [5.41, 5.74) is 4.59. The molecule has 0 spiro atoms. The number of aromatic nitrogens is 3. The monoisotopic (exact) mass is 582 g/mol. The summed E-state index contributed by atoms with van der Waals surface area (Å²) < 4.78 is 7.11. The molecule has 3 aromatic carbocycles. The van der Waals surface area contributed by atoms with Crippen molar-refractivity contribution in [3.8, 4) is 0 Å². The van der Waals surface area contributed by atoms with Gasteiger partial charge in [-0.05, 0) is 80.6 Å². The summed E-state index contributed by atoms with van der Waals surface area (Å²) >= 11 is 0. The Labute approximate surface area is 253 Å². The third-order valence-corrected chi connectivity index (χ3v) is 7.92. The molecule has 226 valence electrons. The van der Waals surface area contributed by atoms with Crippen LogP contribution in [0.5, 0.6) is 0 Å². The molecule has 5 rings (SSSR count). The number of morpholine rings is 1. The molecular formula is C34H42N6O3. The standard InChI is InChI=1S/C34H42N6O3/c1-6-24(2)25-11-17-28(18-12-25)40(31(41)23-39-30-10-8-7-9-29(30)36-37-39)32(33(42)35-34(3,4)5)26-13-15-27(16-14-26)38-19-21-43-22-20-38/h7-18,24,32H,6,19-23H2,1-5H3,(H,35,42). The van der Waals surface area contributed by atoms with Crippen molar-refractivity contribution in [2.45, 2.75) is 65.1 Å². The first kappa shape index (κ1) is 30.2. The minimum absolute atomic E-state index is 0.0706. The number of ether oxygens (including phenoxy) is 1. The van der Waals surface area contributed by atoms with Gasteiger partial charge >= 0.3 is 0 Å². The van der Waals surface area contributed by atoms with Gasteiger partial charge in [0.25, 0.3) is 0 Å². The highest BCUT2D eigenvalue weighted by molar-refractivity contribution is 6.01. The number of fused-ring (bicyclic) bond motifs is 1. The molecule has 4 aromatic rings. The molecule has 1 fully saturated rings. The van der Waals surface area contributed by atoms with Gasteiger partial charge in [0, 0.05) is 30.0 Å². The number of nitrogens with one attached hydrogen (secondary N) is 1. The summed E-state index contributed by atoms with van der Waals surface area (Å²) in [6.45, 7) is 13.1. The van der Waals surface area contributed by atoms with Crippen molar-refractivity contribution in [2.75, 3.05) is 36.1 Å². The topological polar surface area (TPSA) is 92.6 Å². The molecule has 1 N–H and O–H groups in total. The minimum atomic E-state index is -0.908. The number of rotatable bonds is 9. The van der Waals surface area contributed by atoms with Crippen molar-refractivity contribution >= 4 is 34.2 Å². The zero-order valence-corrected chi connectivity index (χ0v) is 25.8. The summed E-state index contributed by atoms with van der Waals surface area (Å²) in [5.74, 6) is -0.139. The summed E-state index contributed by atoms with van der Waals surface area (Å²) in [5, 5.41) is 11.6. The Kier molecular flexibility index (Phi) is 9.11. The number of hydrogen-bond donors (Lipinski definition) is 1. The molecule has 0 bridgehead atoms. The van der Waals surface area contributed by atoms with E-state index >= 15 is 0 Å². The van der Waals surface area contributed by atoms with Crippen molar-refractivity contribution < 1.29 is 14.3 Å². The van der Waals surface area contributed by atoms with E-state index in [2.05, 4.69) is 46.5 Å². The molecule has 2 atom stereocenters. The Morgan fingerprint density at radius 3 is 2.26 bits per heavy atom. The first-order valence-electron chi connectivity index (χ1n) is 15.1. The third-order valence-electron chi connectivity index (χ3n) is 7.92. The van der Waals surface area contributed by atoms with Gasteiger partial charge in [-0.1, -0.05) is 55.5 Å². The zero-order valence-electron chi connectivity index (χ0n) is 25.8. The van der Waals surface area contributed by atoms with E-state index in [-0.39, 0.29) is 18.4 Å². The number of nitrogens with zero attached hydrogens (tertiary/aromatic N) is 5. The molecule has 1 aliphatic heterocycles. The summed E-state index contributed by atoms with van der Waals surface area (Å²) in [6, 6.07) is 22.6.